The molecule has 0 saturated carbocycles. The molecule has 0 unspecified atom stereocenters. The molecular formula is C16H17N5O3S. The summed E-state index contributed by atoms with van der Waals surface area (Å²) >= 11 is 0. The molecule has 130 valence electrons. The first-order chi connectivity index (χ1) is 11.8. The molecule has 0 aliphatic carbocycles. The summed E-state index contributed by atoms with van der Waals surface area (Å²) in [5.74, 6) is 0.0403. The molecule has 3 N–H and O–H groups in total. The number of para-hydroxylation sites is 1. The van der Waals surface area contributed by atoms with E-state index in [9.17, 15) is 13.2 Å². The molecule has 1 aromatic carbocycles. The van der Waals surface area contributed by atoms with Crippen molar-refractivity contribution in [3.05, 3.63) is 47.3 Å². The van der Waals surface area contributed by atoms with E-state index in [1.165, 1.54) is 0 Å². The Labute approximate surface area is 144 Å². The van der Waals surface area contributed by atoms with Crippen molar-refractivity contribution in [2.24, 2.45) is 0 Å². The summed E-state index contributed by atoms with van der Waals surface area (Å²) in [6.07, 6.45) is 0. The van der Waals surface area contributed by atoms with Crippen LogP contribution in [0.5, 0.6) is 0 Å². The van der Waals surface area contributed by atoms with E-state index in [-0.39, 0.29) is 11.0 Å². The highest BCUT2D eigenvalue weighted by Crippen LogP contribution is 2.24. The van der Waals surface area contributed by atoms with E-state index in [4.69, 9.17) is 0 Å². The number of carbonyl (C=O) groups excluding carboxylic acids is 1. The van der Waals surface area contributed by atoms with E-state index >= 15 is 0 Å². The van der Waals surface area contributed by atoms with Crippen LogP contribution in [-0.2, 0) is 10.0 Å². The number of sulfonamides is 1. The van der Waals surface area contributed by atoms with Crippen LogP contribution in [0.3, 0.4) is 0 Å². The number of nitrogens with zero attached hydrogens (tertiary/aromatic N) is 2. The molecule has 3 aromatic rings. The Balaban J connectivity index is 1.85. The third-order valence-electron chi connectivity index (χ3n) is 3.62. The summed E-state index contributed by atoms with van der Waals surface area (Å²) in [6.45, 7) is 5.18. The lowest BCUT2D eigenvalue weighted by Gasteiger charge is -2.08. The van der Waals surface area contributed by atoms with E-state index in [0.29, 0.717) is 22.5 Å². The van der Waals surface area contributed by atoms with Crippen molar-refractivity contribution in [3.8, 4) is 0 Å². The lowest BCUT2D eigenvalue weighted by atomic mass is 10.2. The summed E-state index contributed by atoms with van der Waals surface area (Å²) < 4.78 is 27.0. The number of H-pyrrole nitrogens is 1. The van der Waals surface area contributed by atoms with Gasteiger partial charge in [0.05, 0.1) is 0 Å². The zero-order chi connectivity index (χ0) is 18.2. The quantitative estimate of drug-likeness (QED) is 0.664. The molecule has 3 rings (SSSR count). The largest absolute Gasteiger partial charge is 0.344 e. The molecule has 0 atom stereocenters. The van der Waals surface area contributed by atoms with Gasteiger partial charge in [-0.15, -0.1) is 0 Å². The molecule has 0 aliphatic rings. The fourth-order valence-corrected chi connectivity index (χ4v) is 3.76. The van der Waals surface area contributed by atoms with Crippen LogP contribution in [-0.4, -0.2) is 29.4 Å². The summed E-state index contributed by atoms with van der Waals surface area (Å²) in [5, 5.41) is 3.07. The third-order valence-corrected chi connectivity index (χ3v) is 5.02. The van der Waals surface area contributed by atoms with Gasteiger partial charge in [0.1, 0.15) is 0 Å². The number of anilines is 1. The van der Waals surface area contributed by atoms with Crippen LogP contribution in [0.4, 0.5) is 10.7 Å². The number of nitrogens with one attached hydrogen (secondary N) is 3. The van der Waals surface area contributed by atoms with Crippen molar-refractivity contribution < 1.29 is 13.2 Å². The van der Waals surface area contributed by atoms with Crippen LogP contribution in [0.1, 0.15) is 17.0 Å². The Bertz CT molecular complexity index is 1050. The predicted octanol–water partition coefficient (Wildman–Crippen LogP) is 2.39. The fourth-order valence-electron chi connectivity index (χ4n) is 2.61. The fraction of sp³-hybridized carbons (Fsp3) is 0.188. The van der Waals surface area contributed by atoms with Gasteiger partial charge in [0.2, 0.25) is 5.95 Å². The molecule has 0 aliphatic heterocycles. The first-order valence-corrected chi connectivity index (χ1v) is 8.98. The molecule has 0 saturated heterocycles. The van der Waals surface area contributed by atoms with Crippen molar-refractivity contribution in [2.45, 2.75) is 25.8 Å². The molecule has 2 heterocycles. The lowest BCUT2D eigenvalue weighted by Crippen LogP contribution is -2.35. The number of aryl methyl sites for hydroxylation is 3. The maximum Gasteiger partial charge on any atom is 0.335 e. The second-order valence-corrected chi connectivity index (χ2v) is 7.28. The van der Waals surface area contributed by atoms with E-state index < -0.39 is 16.1 Å². The average Bonchev–Trinajstić information content (AvgIpc) is 2.84. The highest BCUT2D eigenvalue weighted by atomic mass is 32.2. The zero-order valence-electron chi connectivity index (χ0n) is 13.9. The van der Waals surface area contributed by atoms with Crippen molar-refractivity contribution in [1.29, 1.82) is 0 Å². The van der Waals surface area contributed by atoms with Crippen LogP contribution >= 0.6 is 0 Å². The molecule has 0 spiro atoms. The van der Waals surface area contributed by atoms with Crippen molar-refractivity contribution >= 4 is 32.9 Å². The molecule has 2 aromatic heterocycles. The Kier molecular flexibility index (Phi) is 4.17. The van der Waals surface area contributed by atoms with Crippen LogP contribution in [0.25, 0.3) is 10.9 Å². The van der Waals surface area contributed by atoms with Gasteiger partial charge >= 0.3 is 6.03 Å². The molecular weight excluding hydrogens is 342 g/mol. The number of urea groups is 1. The lowest BCUT2D eigenvalue weighted by molar-refractivity contribution is 0.256. The van der Waals surface area contributed by atoms with Gasteiger partial charge in [-0.25, -0.2) is 19.5 Å². The molecule has 25 heavy (non-hydrogen) atoms. The smallest absolute Gasteiger partial charge is 0.335 e. The molecule has 0 fully saturated rings. The molecule has 0 radical (unpaired) electrons. The molecule has 0 bridgehead atoms. The Morgan fingerprint density at radius 3 is 2.36 bits per heavy atom. The van der Waals surface area contributed by atoms with Gasteiger partial charge in [0.25, 0.3) is 10.0 Å². The molecule has 8 nitrogen and oxygen atoms in total. The summed E-state index contributed by atoms with van der Waals surface area (Å²) in [6, 6.07) is 8.01. The van der Waals surface area contributed by atoms with Crippen LogP contribution < -0.4 is 10.0 Å². The maximum atomic E-state index is 12.5. The number of hydrogen-bond donors (Lipinski definition) is 3. The standard InChI is InChI=1S/C16H17N5O3S/c1-9-8-10(2)18-15(17-9)20-16(22)21-25(23,24)14-11(3)12-6-4-5-7-13(12)19-14/h4-8,19H,1-3H3,(H2,17,18,20,21,22). The second-order valence-electron chi connectivity index (χ2n) is 5.66. The first kappa shape index (κ1) is 16.9. The number of amides is 2. The highest BCUT2D eigenvalue weighted by Gasteiger charge is 2.23. The Morgan fingerprint density at radius 1 is 1.08 bits per heavy atom. The van der Waals surface area contributed by atoms with E-state index in [1.54, 1.807) is 39.0 Å². The van der Waals surface area contributed by atoms with E-state index in [1.807, 2.05) is 16.9 Å². The normalized spacial score (nSPS) is 11.5. The van der Waals surface area contributed by atoms with Gasteiger partial charge in [0, 0.05) is 22.3 Å². The van der Waals surface area contributed by atoms with Gasteiger partial charge < -0.3 is 4.98 Å². The summed E-state index contributed by atoms with van der Waals surface area (Å²) in [5.41, 5.74) is 2.55. The minimum atomic E-state index is -4.07. The number of aromatic nitrogens is 3. The number of fused-ring (bicyclic) bond motifs is 1. The van der Waals surface area contributed by atoms with Crippen molar-refractivity contribution in [3.63, 3.8) is 0 Å². The van der Waals surface area contributed by atoms with Gasteiger partial charge in [-0.05, 0) is 38.5 Å². The van der Waals surface area contributed by atoms with Crippen LogP contribution in [0.2, 0.25) is 0 Å². The summed E-state index contributed by atoms with van der Waals surface area (Å²) in [4.78, 5) is 23.0. The number of benzene rings is 1. The van der Waals surface area contributed by atoms with Crippen molar-refractivity contribution in [1.82, 2.24) is 19.7 Å². The monoisotopic (exact) mass is 359 g/mol. The van der Waals surface area contributed by atoms with Gasteiger partial charge in [-0.3, -0.25) is 5.32 Å². The van der Waals surface area contributed by atoms with Crippen molar-refractivity contribution in [2.75, 3.05) is 5.32 Å². The first-order valence-electron chi connectivity index (χ1n) is 7.49. The average molecular weight is 359 g/mol. The minimum absolute atomic E-state index is 0.0403. The number of carbonyl (C=O) groups is 1. The van der Waals surface area contributed by atoms with Gasteiger partial charge in [-0.1, -0.05) is 18.2 Å². The zero-order valence-corrected chi connectivity index (χ0v) is 14.7. The van der Waals surface area contributed by atoms with E-state index in [0.717, 1.165) is 5.39 Å². The third kappa shape index (κ3) is 3.45. The number of aromatic amines is 1. The highest BCUT2D eigenvalue weighted by molar-refractivity contribution is 7.90. The number of hydrogen-bond acceptors (Lipinski definition) is 5. The molecule has 2 amide bonds. The Morgan fingerprint density at radius 2 is 1.72 bits per heavy atom. The Hall–Kier alpha value is -2.94. The van der Waals surface area contributed by atoms with Gasteiger partial charge in [0.15, 0.2) is 5.03 Å². The minimum Gasteiger partial charge on any atom is -0.344 e. The van der Waals surface area contributed by atoms with Gasteiger partial charge in [-0.2, -0.15) is 8.42 Å². The maximum absolute atomic E-state index is 12.5. The summed E-state index contributed by atoms with van der Waals surface area (Å²) in [7, 11) is -4.07. The topological polar surface area (TPSA) is 117 Å². The SMILES string of the molecule is Cc1cc(C)nc(NC(=O)NS(=O)(=O)c2[nH]c3ccccc3c2C)n1. The number of rotatable bonds is 3. The second kappa shape index (κ2) is 6.17. The van der Waals surface area contributed by atoms with Crippen LogP contribution in [0, 0.1) is 20.8 Å². The van der Waals surface area contributed by atoms with E-state index in [2.05, 4.69) is 20.3 Å². The van der Waals surface area contributed by atoms with Crippen LogP contribution in [0.15, 0.2) is 35.4 Å². The predicted molar refractivity (Wildman–Crippen MR) is 93.9 cm³/mol. The molecule has 9 heteroatoms.